The van der Waals surface area contributed by atoms with Gasteiger partial charge in [0.05, 0.1) is 6.10 Å². The number of aliphatic hydroxyl groups is 1. The van der Waals surface area contributed by atoms with Gasteiger partial charge < -0.3 is 14.6 Å². The first kappa shape index (κ1) is 25.9. The first-order valence-corrected chi connectivity index (χ1v) is 13.0. The molecule has 3 nitrogen and oxygen atoms in total. The van der Waals surface area contributed by atoms with Crippen molar-refractivity contribution in [3.05, 3.63) is 36.0 Å². The molecule has 1 aromatic carbocycles. The smallest absolute Gasteiger partial charge is 0.0937 e. The summed E-state index contributed by atoms with van der Waals surface area (Å²) in [4.78, 5) is 2.05. The van der Waals surface area contributed by atoms with Gasteiger partial charge in [-0.1, -0.05) is 109 Å². The highest BCUT2D eigenvalue weighted by molar-refractivity contribution is 5.84. The Morgan fingerprint density at radius 1 is 0.774 bits per heavy atom. The van der Waals surface area contributed by atoms with Gasteiger partial charge in [-0.3, -0.25) is 0 Å². The van der Waals surface area contributed by atoms with Gasteiger partial charge in [-0.25, -0.2) is 0 Å². The second-order valence-electron chi connectivity index (χ2n) is 9.67. The summed E-state index contributed by atoms with van der Waals surface area (Å²) in [6, 6.07) is 8.51. The number of aliphatic hydroxyl groups excluding tert-OH is 1. The van der Waals surface area contributed by atoms with Crippen LogP contribution < -0.4 is 0 Å². The molecule has 0 saturated carbocycles. The summed E-state index contributed by atoms with van der Waals surface area (Å²) in [7, 11) is 4.02. The number of fused-ring (bicyclic) bond motifs is 1. The van der Waals surface area contributed by atoms with E-state index in [0.29, 0.717) is 6.54 Å². The predicted molar refractivity (Wildman–Crippen MR) is 136 cm³/mol. The summed E-state index contributed by atoms with van der Waals surface area (Å²) in [6.45, 7) is 4.00. The normalized spacial score (nSPS) is 12.8. The minimum atomic E-state index is -0.433. The van der Waals surface area contributed by atoms with Crippen LogP contribution in [0.25, 0.3) is 10.9 Å². The predicted octanol–water partition coefficient (Wildman–Crippen LogP) is 7.72. The Bertz CT molecular complexity index is 706. The van der Waals surface area contributed by atoms with Gasteiger partial charge >= 0.3 is 0 Å². The number of para-hydroxylation sites is 1. The van der Waals surface area contributed by atoms with Crippen molar-refractivity contribution in [1.29, 1.82) is 0 Å². The van der Waals surface area contributed by atoms with Gasteiger partial charge in [-0.05, 0) is 26.6 Å². The van der Waals surface area contributed by atoms with E-state index in [1.807, 2.05) is 19.0 Å². The first-order valence-electron chi connectivity index (χ1n) is 13.0. The monoisotopic (exact) mass is 428 g/mol. The lowest BCUT2D eigenvalue weighted by atomic mass is 10.0. The molecule has 0 aliphatic heterocycles. The van der Waals surface area contributed by atoms with E-state index in [-0.39, 0.29) is 0 Å². The minimum absolute atomic E-state index is 0.433. The standard InChI is InChI=1S/C28H48N2O/c1-4-5-6-7-8-9-10-11-12-13-14-15-16-19-22-30-23-26(28(31)24-29(2)3)25-20-17-18-21-27(25)30/h17-18,20-21,23,28,31H,4-16,19,22,24H2,1-3H3/t28-/m1/s1. The maximum Gasteiger partial charge on any atom is 0.0937 e. The molecular weight excluding hydrogens is 380 g/mol. The fourth-order valence-corrected chi connectivity index (χ4v) is 4.65. The van der Waals surface area contributed by atoms with Crippen LogP contribution >= 0.6 is 0 Å². The van der Waals surface area contributed by atoms with E-state index < -0.39 is 6.10 Å². The van der Waals surface area contributed by atoms with E-state index in [1.54, 1.807) is 0 Å². The van der Waals surface area contributed by atoms with Gasteiger partial charge in [-0.2, -0.15) is 0 Å². The minimum Gasteiger partial charge on any atom is -0.387 e. The Labute approximate surface area is 191 Å². The molecule has 0 aliphatic carbocycles. The second-order valence-corrected chi connectivity index (χ2v) is 9.67. The average molecular weight is 429 g/mol. The molecule has 1 heterocycles. The molecule has 0 saturated heterocycles. The van der Waals surface area contributed by atoms with Crippen molar-refractivity contribution in [2.75, 3.05) is 20.6 Å². The van der Waals surface area contributed by atoms with Crippen LogP contribution in [0.4, 0.5) is 0 Å². The van der Waals surface area contributed by atoms with E-state index in [0.717, 1.165) is 12.1 Å². The van der Waals surface area contributed by atoms with E-state index >= 15 is 0 Å². The third-order valence-electron chi connectivity index (χ3n) is 6.47. The third-order valence-corrected chi connectivity index (χ3v) is 6.47. The molecule has 0 amide bonds. The zero-order valence-electron chi connectivity index (χ0n) is 20.6. The number of aromatic nitrogens is 1. The quantitative estimate of drug-likeness (QED) is 0.246. The summed E-state index contributed by atoms with van der Waals surface area (Å²) in [6.07, 6.45) is 21.3. The highest BCUT2D eigenvalue weighted by atomic mass is 16.3. The van der Waals surface area contributed by atoms with Gasteiger partial charge in [0.2, 0.25) is 0 Å². The molecule has 31 heavy (non-hydrogen) atoms. The molecular formula is C28H48N2O. The number of nitrogens with zero attached hydrogens (tertiary/aromatic N) is 2. The molecule has 2 aromatic rings. The molecule has 0 unspecified atom stereocenters. The lowest BCUT2D eigenvalue weighted by Gasteiger charge is -2.15. The highest BCUT2D eigenvalue weighted by Crippen LogP contribution is 2.27. The van der Waals surface area contributed by atoms with Gasteiger partial charge in [0.1, 0.15) is 0 Å². The van der Waals surface area contributed by atoms with Gasteiger partial charge in [0, 0.05) is 35.8 Å². The Kier molecular flexibility index (Phi) is 12.9. The molecule has 1 N–H and O–H groups in total. The molecule has 0 aliphatic rings. The SMILES string of the molecule is CCCCCCCCCCCCCCCCn1cc([C@H](O)CN(C)C)c2ccccc21. The lowest BCUT2D eigenvalue weighted by molar-refractivity contribution is 0.139. The van der Waals surface area contributed by atoms with Crippen LogP contribution in [0.15, 0.2) is 30.5 Å². The molecule has 1 aromatic heterocycles. The fraction of sp³-hybridized carbons (Fsp3) is 0.714. The summed E-state index contributed by atoms with van der Waals surface area (Å²) in [5.41, 5.74) is 2.32. The van der Waals surface area contributed by atoms with E-state index in [2.05, 4.69) is 42.0 Å². The lowest BCUT2D eigenvalue weighted by Crippen LogP contribution is -2.19. The molecule has 3 heteroatoms. The van der Waals surface area contributed by atoms with Crippen molar-refractivity contribution >= 4 is 10.9 Å². The fourth-order valence-electron chi connectivity index (χ4n) is 4.65. The van der Waals surface area contributed by atoms with Crippen molar-refractivity contribution in [2.24, 2.45) is 0 Å². The summed E-state index contributed by atoms with van der Waals surface area (Å²) >= 11 is 0. The highest BCUT2D eigenvalue weighted by Gasteiger charge is 2.16. The Morgan fingerprint density at radius 3 is 1.84 bits per heavy atom. The van der Waals surface area contributed by atoms with Crippen LogP contribution in [-0.4, -0.2) is 35.2 Å². The van der Waals surface area contributed by atoms with Crippen molar-refractivity contribution in [1.82, 2.24) is 9.47 Å². The van der Waals surface area contributed by atoms with Crippen LogP contribution in [0.1, 0.15) is 108 Å². The summed E-state index contributed by atoms with van der Waals surface area (Å²) in [5, 5.41) is 11.8. The third kappa shape index (κ3) is 9.78. The number of hydrogen-bond donors (Lipinski definition) is 1. The second kappa shape index (κ2) is 15.5. The van der Waals surface area contributed by atoms with Gasteiger partial charge in [-0.15, -0.1) is 0 Å². The largest absolute Gasteiger partial charge is 0.387 e. The zero-order chi connectivity index (χ0) is 22.3. The van der Waals surface area contributed by atoms with Gasteiger partial charge in [0.15, 0.2) is 0 Å². The summed E-state index contributed by atoms with van der Waals surface area (Å²) in [5.74, 6) is 0. The molecule has 0 spiro atoms. The van der Waals surface area contributed by atoms with Crippen molar-refractivity contribution in [3.8, 4) is 0 Å². The van der Waals surface area contributed by atoms with Crippen LogP contribution in [0.5, 0.6) is 0 Å². The Hall–Kier alpha value is -1.32. The Balaban J connectivity index is 1.59. The molecule has 0 bridgehead atoms. The first-order chi connectivity index (χ1) is 15.1. The summed E-state index contributed by atoms with van der Waals surface area (Å²) < 4.78 is 2.35. The molecule has 0 fully saturated rings. The maximum absolute atomic E-state index is 10.6. The van der Waals surface area contributed by atoms with Crippen molar-refractivity contribution in [2.45, 2.75) is 109 Å². The van der Waals surface area contributed by atoms with Crippen LogP contribution in [0, 0.1) is 0 Å². The number of aryl methyl sites for hydroxylation is 1. The number of benzene rings is 1. The van der Waals surface area contributed by atoms with Crippen LogP contribution in [0.2, 0.25) is 0 Å². The number of unbranched alkanes of at least 4 members (excludes halogenated alkanes) is 13. The molecule has 176 valence electrons. The molecule has 0 radical (unpaired) electrons. The topological polar surface area (TPSA) is 28.4 Å². The van der Waals surface area contributed by atoms with Crippen LogP contribution in [-0.2, 0) is 6.54 Å². The number of rotatable bonds is 18. The number of likely N-dealkylation sites (N-methyl/N-ethyl adjacent to an activating group) is 1. The van der Waals surface area contributed by atoms with Crippen molar-refractivity contribution < 1.29 is 5.11 Å². The van der Waals surface area contributed by atoms with E-state index in [9.17, 15) is 5.11 Å². The van der Waals surface area contributed by atoms with E-state index in [1.165, 1.54) is 101 Å². The van der Waals surface area contributed by atoms with Crippen LogP contribution in [0.3, 0.4) is 0 Å². The Morgan fingerprint density at radius 2 is 1.29 bits per heavy atom. The molecule has 2 rings (SSSR count). The average Bonchev–Trinajstić information content (AvgIpc) is 3.12. The zero-order valence-corrected chi connectivity index (χ0v) is 20.6. The van der Waals surface area contributed by atoms with Gasteiger partial charge in [0.25, 0.3) is 0 Å². The maximum atomic E-state index is 10.6. The number of hydrogen-bond acceptors (Lipinski definition) is 2. The van der Waals surface area contributed by atoms with E-state index in [4.69, 9.17) is 0 Å². The van der Waals surface area contributed by atoms with Crippen molar-refractivity contribution in [3.63, 3.8) is 0 Å². The molecule has 1 atom stereocenters.